The van der Waals surface area contributed by atoms with Crippen LogP contribution in [-0.2, 0) is 28.9 Å². The standard InChI is InChI=1S/C23H30N4O3/c1-16(2)23(28)27-8-7-20-19(15-27)22(26-9-11-30-12-10-26)25-21(24-20)14-17-5-4-6-18(13-17)29-3/h4-6,13,16H,7-12,14-15H2,1-3H3. The Hall–Kier alpha value is -2.67. The van der Waals surface area contributed by atoms with Gasteiger partial charge in [-0.1, -0.05) is 26.0 Å². The number of hydrogen-bond donors (Lipinski definition) is 0. The number of rotatable bonds is 5. The summed E-state index contributed by atoms with van der Waals surface area (Å²) in [6, 6.07) is 8.03. The van der Waals surface area contributed by atoms with Gasteiger partial charge in [0.15, 0.2) is 0 Å². The normalized spacial score (nSPS) is 16.5. The van der Waals surface area contributed by atoms with Crippen molar-refractivity contribution in [2.45, 2.75) is 33.2 Å². The van der Waals surface area contributed by atoms with E-state index in [2.05, 4.69) is 11.0 Å². The molecule has 7 nitrogen and oxygen atoms in total. The Morgan fingerprint density at radius 3 is 2.73 bits per heavy atom. The second kappa shape index (κ2) is 9.00. The van der Waals surface area contributed by atoms with Gasteiger partial charge in [0.1, 0.15) is 17.4 Å². The van der Waals surface area contributed by atoms with Crippen molar-refractivity contribution in [3.8, 4) is 5.75 Å². The van der Waals surface area contributed by atoms with Crippen LogP contribution in [0.1, 0.15) is 36.5 Å². The zero-order valence-corrected chi connectivity index (χ0v) is 18.1. The number of methoxy groups -OCH3 is 1. The van der Waals surface area contributed by atoms with Crippen molar-refractivity contribution in [2.24, 2.45) is 5.92 Å². The minimum Gasteiger partial charge on any atom is -0.497 e. The van der Waals surface area contributed by atoms with Gasteiger partial charge in [-0.05, 0) is 17.7 Å². The van der Waals surface area contributed by atoms with Gasteiger partial charge in [-0.25, -0.2) is 9.97 Å². The maximum absolute atomic E-state index is 12.6. The summed E-state index contributed by atoms with van der Waals surface area (Å²) < 4.78 is 10.9. The molecule has 160 valence electrons. The van der Waals surface area contributed by atoms with Crippen LogP contribution in [-0.4, -0.2) is 60.7 Å². The average Bonchev–Trinajstić information content (AvgIpc) is 2.78. The number of aromatic nitrogens is 2. The lowest BCUT2D eigenvalue weighted by molar-refractivity contribution is -0.135. The number of ether oxygens (including phenoxy) is 2. The minimum atomic E-state index is -0.00774. The molecule has 0 radical (unpaired) electrons. The Morgan fingerprint density at radius 1 is 1.20 bits per heavy atom. The lowest BCUT2D eigenvalue weighted by Gasteiger charge is -2.35. The SMILES string of the molecule is COc1cccc(Cc2nc3c(c(N4CCOCC4)n2)CN(C(=O)C(C)C)CC3)c1. The van der Waals surface area contributed by atoms with Crippen LogP contribution >= 0.6 is 0 Å². The molecular formula is C23H30N4O3. The van der Waals surface area contributed by atoms with Gasteiger partial charge < -0.3 is 19.3 Å². The van der Waals surface area contributed by atoms with Crippen LogP contribution in [0.2, 0.25) is 0 Å². The Balaban J connectivity index is 1.67. The monoisotopic (exact) mass is 410 g/mol. The van der Waals surface area contributed by atoms with Crippen molar-refractivity contribution in [3.05, 3.63) is 46.9 Å². The zero-order chi connectivity index (χ0) is 21.1. The second-order valence-electron chi connectivity index (χ2n) is 8.18. The van der Waals surface area contributed by atoms with Crippen molar-refractivity contribution < 1.29 is 14.3 Å². The molecule has 0 unspecified atom stereocenters. The van der Waals surface area contributed by atoms with Crippen molar-refractivity contribution in [2.75, 3.05) is 44.9 Å². The molecule has 1 amide bonds. The second-order valence-corrected chi connectivity index (χ2v) is 8.18. The predicted molar refractivity (Wildman–Crippen MR) is 115 cm³/mol. The largest absolute Gasteiger partial charge is 0.497 e. The summed E-state index contributed by atoms with van der Waals surface area (Å²) in [5.41, 5.74) is 3.28. The smallest absolute Gasteiger partial charge is 0.225 e. The summed E-state index contributed by atoms with van der Waals surface area (Å²) in [5.74, 6) is 2.79. The van der Waals surface area contributed by atoms with E-state index in [0.29, 0.717) is 32.7 Å². The number of carbonyl (C=O) groups excluding carboxylic acids is 1. The van der Waals surface area contributed by atoms with Crippen molar-refractivity contribution in [3.63, 3.8) is 0 Å². The van der Waals surface area contributed by atoms with Gasteiger partial charge >= 0.3 is 0 Å². The van der Waals surface area contributed by atoms with E-state index in [-0.39, 0.29) is 11.8 Å². The van der Waals surface area contributed by atoms with E-state index in [0.717, 1.165) is 53.7 Å². The number of morpholine rings is 1. The van der Waals surface area contributed by atoms with Crippen LogP contribution in [0.5, 0.6) is 5.75 Å². The summed E-state index contributed by atoms with van der Waals surface area (Å²) in [4.78, 5) is 26.7. The first-order valence-electron chi connectivity index (χ1n) is 10.7. The Kier molecular flexibility index (Phi) is 6.18. The molecule has 1 saturated heterocycles. The van der Waals surface area contributed by atoms with Crippen molar-refractivity contribution in [1.29, 1.82) is 0 Å². The first-order chi connectivity index (χ1) is 14.5. The van der Waals surface area contributed by atoms with Gasteiger partial charge in [0.2, 0.25) is 5.91 Å². The fourth-order valence-electron chi connectivity index (χ4n) is 4.08. The molecule has 3 heterocycles. The van der Waals surface area contributed by atoms with Crippen LogP contribution in [0.4, 0.5) is 5.82 Å². The molecule has 30 heavy (non-hydrogen) atoms. The van der Waals surface area contributed by atoms with Gasteiger partial charge in [0.05, 0.1) is 32.6 Å². The highest BCUT2D eigenvalue weighted by molar-refractivity contribution is 5.78. The maximum atomic E-state index is 12.6. The molecule has 0 bridgehead atoms. The average molecular weight is 411 g/mol. The summed E-state index contributed by atoms with van der Waals surface area (Å²) >= 11 is 0. The van der Waals surface area contributed by atoms with E-state index < -0.39 is 0 Å². The van der Waals surface area contributed by atoms with E-state index in [1.165, 1.54) is 0 Å². The third-order valence-corrected chi connectivity index (χ3v) is 5.70. The fraction of sp³-hybridized carbons (Fsp3) is 0.522. The summed E-state index contributed by atoms with van der Waals surface area (Å²) in [5, 5.41) is 0. The number of carbonyl (C=O) groups is 1. The molecule has 2 aromatic rings. The minimum absolute atomic E-state index is 0.00774. The highest BCUT2D eigenvalue weighted by Crippen LogP contribution is 2.29. The molecule has 4 rings (SSSR count). The molecule has 1 aromatic carbocycles. The highest BCUT2D eigenvalue weighted by Gasteiger charge is 2.29. The summed E-state index contributed by atoms with van der Waals surface area (Å²) in [7, 11) is 1.68. The maximum Gasteiger partial charge on any atom is 0.225 e. The van der Waals surface area contributed by atoms with E-state index in [9.17, 15) is 4.79 Å². The number of hydrogen-bond acceptors (Lipinski definition) is 6. The van der Waals surface area contributed by atoms with Crippen LogP contribution < -0.4 is 9.64 Å². The van der Waals surface area contributed by atoms with Crippen LogP contribution in [0.3, 0.4) is 0 Å². The molecule has 0 N–H and O–H groups in total. The third kappa shape index (κ3) is 4.41. The number of benzene rings is 1. The van der Waals surface area contributed by atoms with Crippen LogP contribution in [0.25, 0.3) is 0 Å². The molecular weight excluding hydrogens is 380 g/mol. The fourth-order valence-corrected chi connectivity index (χ4v) is 4.08. The molecule has 0 spiro atoms. The quantitative estimate of drug-likeness (QED) is 0.754. The van der Waals surface area contributed by atoms with Gasteiger partial charge in [-0.3, -0.25) is 4.79 Å². The first kappa shape index (κ1) is 20.6. The number of fused-ring (bicyclic) bond motifs is 1. The zero-order valence-electron chi connectivity index (χ0n) is 18.1. The highest BCUT2D eigenvalue weighted by atomic mass is 16.5. The van der Waals surface area contributed by atoms with Gasteiger partial charge in [0, 0.05) is 44.0 Å². The van der Waals surface area contributed by atoms with Gasteiger partial charge in [0.25, 0.3) is 0 Å². The molecule has 1 aromatic heterocycles. The lowest BCUT2D eigenvalue weighted by atomic mass is 10.0. The summed E-state index contributed by atoms with van der Waals surface area (Å²) in [6.45, 7) is 8.20. The Labute approximate surface area is 178 Å². The number of nitrogens with zero attached hydrogens (tertiary/aromatic N) is 4. The number of amides is 1. The number of anilines is 1. The van der Waals surface area contributed by atoms with Gasteiger partial charge in [-0.2, -0.15) is 0 Å². The topological polar surface area (TPSA) is 67.8 Å². The Morgan fingerprint density at radius 2 is 2.00 bits per heavy atom. The molecule has 1 fully saturated rings. The molecule has 0 saturated carbocycles. The van der Waals surface area contributed by atoms with Crippen LogP contribution in [0.15, 0.2) is 24.3 Å². The lowest BCUT2D eigenvalue weighted by Crippen LogP contribution is -2.42. The Bertz CT molecular complexity index is 909. The van der Waals surface area contributed by atoms with Crippen molar-refractivity contribution >= 4 is 11.7 Å². The predicted octanol–water partition coefficient (Wildman–Crippen LogP) is 2.45. The third-order valence-electron chi connectivity index (χ3n) is 5.70. The first-order valence-corrected chi connectivity index (χ1v) is 10.7. The van der Waals surface area contributed by atoms with E-state index in [1.54, 1.807) is 7.11 Å². The van der Waals surface area contributed by atoms with E-state index >= 15 is 0 Å². The van der Waals surface area contributed by atoms with Crippen molar-refractivity contribution in [1.82, 2.24) is 14.9 Å². The van der Waals surface area contributed by atoms with E-state index in [4.69, 9.17) is 19.4 Å². The van der Waals surface area contributed by atoms with E-state index in [1.807, 2.05) is 36.9 Å². The van der Waals surface area contributed by atoms with Gasteiger partial charge in [-0.15, -0.1) is 0 Å². The molecule has 2 aliphatic heterocycles. The molecule has 2 aliphatic rings. The summed E-state index contributed by atoms with van der Waals surface area (Å²) in [6.07, 6.45) is 1.41. The molecule has 0 atom stereocenters. The van der Waals surface area contributed by atoms with Crippen LogP contribution in [0, 0.1) is 5.92 Å². The molecule has 0 aliphatic carbocycles. The molecule has 7 heteroatoms.